The third kappa shape index (κ3) is 4.32. The average Bonchev–Trinajstić information content (AvgIpc) is 2.47. The lowest BCUT2D eigenvalue weighted by Crippen LogP contribution is -2.28. The molecule has 2 aromatic carbocycles. The zero-order chi connectivity index (χ0) is 16.2. The Balaban J connectivity index is 2.30. The summed E-state index contributed by atoms with van der Waals surface area (Å²) in [7, 11) is 0. The van der Waals surface area contributed by atoms with E-state index in [1.807, 2.05) is 0 Å². The predicted octanol–water partition coefficient (Wildman–Crippen LogP) is 4.72. The van der Waals surface area contributed by atoms with E-state index in [1.54, 1.807) is 30.3 Å². The van der Waals surface area contributed by atoms with Gasteiger partial charge in [-0.3, -0.25) is 10.1 Å². The second-order valence-corrected chi connectivity index (χ2v) is 5.22. The normalized spacial score (nSPS) is 12.0. The number of benzene rings is 2. The lowest BCUT2D eigenvalue weighted by Gasteiger charge is -2.14. The number of hydrogen-bond donors (Lipinski definition) is 1. The number of nitrogens with zero attached hydrogens (tertiary/aromatic N) is 2. The summed E-state index contributed by atoms with van der Waals surface area (Å²) in [5, 5.41) is 13.1. The van der Waals surface area contributed by atoms with E-state index in [-0.39, 0.29) is 11.4 Å². The molecule has 0 fully saturated rings. The van der Waals surface area contributed by atoms with E-state index in [4.69, 9.17) is 0 Å². The van der Waals surface area contributed by atoms with Gasteiger partial charge in [0.25, 0.3) is 5.69 Å². The average molecular weight is 370 g/mol. The molecule has 0 bridgehead atoms. The van der Waals surface area contributed by atoms with Crippen LogP contribution in [0.4, 0.5) is 25.8 Å². The first kappa shape index (κ1) is 16.0. The Bertz CT molecular complexity index is 685. The molecule has 1 N–H and O–H groups in total. The van der Waals surface area contributed by atoms with E-state index < -0.39 is 15.6 Å². The maximum Gasteiger partial charge on any atom is 0.358 e. The van der Waals surface area contributed by atoms with Gasteiger partial charge < -0.3 is 5.32 Å². The number of nitro groups is 1. The number of amidine groups is 1. The lowest BCUT2D eigenvalue weighted by molar-refractivity contribution is -0.384. The molecule has 22 heavy (non-hydrogen) atoms. The van der Waals surface area contributed by atoms with Gasteiger partial charge in [-0.1, -0.05) is 18.2 Å². The van der Waals surface area contributed by atoms with Gasteiger partial charge in [0.15, 0.2) is 5.84 Å². The summed E-state index contributed by atoms with van der Waals surface area (Å²) in [6.45, 7) is 0. The number of alkyl halides is 3. The molecule has 8 heteroatoms. The van der Waals surface area contributed by atoms with Gasteiger partial charge in [-0.05, 0) is 40.2 Å². The van der Waals surface area contributed by atoms with Gasteiger partial charge in [0.1, 0.15) is 0 Å². The van der Waals surface area contributed by atoms with Crippen molar-refractivity contribution in [3.05, 3.63) is 64.7 Å². The van der Waals surface area contributed by atoms with Crippen molar-refractivity contribution in [2.24, 2.45) is 4.99 Å². The highest BCUT2D eigenvalue weighted by atomic mass is 79.9. The largest absolute Gasteiger partial charge is 0.358 e. The van der Waals surface area contributed by atoms with Crippen LogP contribution in [0.2, 0.25) is 0 Å². The Hall–Kier alpha value is -2.35. The zero-order valence-corrected chi connectivity index (χ0v) is 12.6. The molecule has 0 amide bonds. The molecule has 0 radical (unpaired) electrons. The molecule has 0 aliphatic heterocycles. The molecule has 0 aromatic heterocycles. The van der Waals surface area contributed by atoms with Crippen LogP contribution in [0.1, 0.15) is 0 Å². The summed E-state index contributed by atoms with van der Waals surface area (Å²) in [5.74, 6) is -0.618. The monoisotopic (exact) mass is 369 g/mol. The van der Waals surface area contributed by atoms with Crippen molar-refractivity contribution in [3.63, 3.8) is 0 Å². The minimum atomic E-state index is -3.37. The fourth-order valence-corrected chi connectivity index (χ4v) is 1.79. The second-order valence-electron chi connectivity index (χ2n) is 4.22. The Kier molecular flexibility index (Phi) is 4.81. The van der Waals surface area contributed by atoms with Crippen molar-refractivity contribution in [3.8, 4) is 0 Å². The summed E-state index contributed by atoms with van der Waals surface area (Å²) in [4.78, 5) is 10.4. The highest BCUT2D eigenvalue weighted by molar-refractivity contribution is 9.10. The first-order valence-electron chi connectivity index (χ1n) is 6.08. The van der Waals surface area contributed by atoms with Crippen LogP contribution >= 0.6 is 15.9 Å². The highest BCUT2D eigenvalue weighted by Gasteiger charge is 2.32. The van der Waals surface area contributed by atoms with Crippen molar-refractivity contribution in [1.29, 1.82) is 0 Å². The number of halogens is 3. The molecule has 2 rings (SSSR count). The third-order valence-corrected chi connectivity index (χ3v) is 2.98. The Morgan fingerprint density at radius 2 is 1.73 bits per heavy atom. The smallest absolute Gasteiger partial charge is 0.338 e. The van der Waals surface area contributed by atoms with Crippen LogP contribution in [0.25, 0.3) is 0 Å². The fraction of sp³-hybridized carbons (Fsp3) is 0.0714. The number of hydrogen-bond acceptors (Lipinski definition) is 3. The number of non-ortho nitro benzene ring substituents is 1. The summed E-state index contributed by atoms with van der Waals surface area (Å²) < 4.78 is 27.2. The summed E-state index contributed by atoms with van der Waals surface area (Å²) in [6.07, 6.45) is 0. The van der Waals surface area contributed by atoms with Crippen molar-refractivity contribution in [1.82, 2.24) is 0 Å². The summed E-state index contributed by atoms with van der Waals surface area (Å²) in [6, 6.07) is 13.4. The molecule has 0 unspecified atom stereocenters. The first-order valence-corrected chi connectivity index (χ1v) is 6.88. The fourth-order valence-electron chi connectivity index (χ4n) is 1.60. The molecule has 0 aliphatic rings. The molecule has 114 valence electrons. The van der Waals surface area contributed by atoms with E-state index in [0.29, 0.717) is 5.69 Å². The van der Waals surface area contributed by atoms with E-state index in [9.17, 15) is 18.9 Å². The van der Waals surface area contributed by atoms with Crippen LogP contribution in [0.5, 0.6) is 0 Å². The molecule has 5 nitrogen and oxygen atoms in total. The van der Waals surface area contributed by atoms with E-state index in [2.05, 4.69) is 26.2 Å². The Morgan fingerprint density at radius 1 is 1.14 bits per heavy atom. The molecular weight excluding hydrogens is 360 g/mol. The lowest BCUT2D eigenvalue weighted by atomic mass is 10.3. The molecule has 0 atom stereocenters. The first-order chi connectivity index (χ1) is 10.4. The van der Waals surface area contributed by atoms with Crippen LogP contribution in [-0.2, 0) is 0 Å². The van der Waals surface area contributed by atoms with Gasteiger partial charge in [-0.2, -0.15) is 8.78 Å². The van der Waals surface area contributed by atoms with Gasteiger partial charge in [0.05, 0.1) is 10.6 Å². The van der Waals surface area contributed by atoms with E-state index in [0.717, 1.165) is 0 Å². The molecule has 2 aromatic rings. The Labute approximate surface area is 133 Å². The second kappa shape index (κ2) is 6.61. The third-order valence-electron chi connectivity index (χ3n) is 2.61. The zero-order valence-electron chi connectivity index (χ0n) is 11.0. The van der Waals surface area contributed by atoms with E-state index in [1.165, 1.54) is 24.3 Å². The topological polar surface area (TPSA) is 67.5 Å². The molecular formula is C14H10BrF2N3O2. The number of nitrogens with one attached hydrogen (secondary N) is 1. The van der Waals surface area contributed by atoms with Gasteiger partial charge in [0.2, 0.25) is 0 Å². The number of aliphatic imine (C=N–C) groups is 1. The van der Waals surface area contributed by atoms with Crippen molar-refractivity contribution in [2.75, 3.05) is 5.32 Å². The number of para-hydroxylation sites is 1. The van der Waals surface area contributed by atoms with Crippen LogP contribution in [0, 0.1) is 10.1 Å². The molecule has 0 heterocycles. The number of nitro benzene ring substituents is 1. The van der Waals surface area contributed by atoms with Crippen molar-refractivity contribution < 1.29 is 13.7 Å². The van der Waals surface area contributed by atoms with Crippen molar-refractivity contribution in [2.45, 2.75) is 4.83 Å². The minimum absolute atomic E-state index is 0.137. The number of rotatable bonds is 4. The van der Waals surface area contributed by atoms with Gasteiger partial charge in [-0.15, -0.1) is 0 Å². The van der Waals surface area contributed by atoms with Crippen LogP contribution in [0.15, 0.2) is 59.6 Å². The minimum Gasteiger partial charge on any atom is -0.338 e. The van der Waals surface area contributed by atoms with Crippen LogP contribution in [0.3, 0.4) is 0 Å². The maximum atomic E-state index is 13.6. The van der Waals surface area contributed by atoms with Crippen LogP contribution < -0.4 is 5.32 Å². The van der Waals surface area contributed by atoms with Gasteiger partial charge in [-0.25, -0.2) is 4.99 Å². The summed E-state index contributed by atoms with van der Waals surface area (Å²) >= 11 is 2.26. The summed E-state index contributed by atoms with van der Waals surface area (Å²) in [5.41, 5.74) is 0.479. The van der Waals surface area contributed by atoms with Gasteiger partial charge in [0, 0.05) is 17.8 Å². The maximum absolute atomic E-state index is 13.6. The standard InChI is InChI=1S/C14H10BrF2N3O2/c15-14(16,17)13(18-10-4-2-1-3-5-10)19-11-6-8-12(9-7-11)20(21)22/h1-9H,(H,18,19). The molecule has 0 aliphatic carbocycles. The van der Waals surface area contributed by atoms with Crippen LogP contribution in [-0.4, -0.2) is 15.6 Å². The molecule has 0 saturated heterocycles. The molecule has 0 saturated carbocycles. The Morgan fingerprint density at radius 3 is 2.23 bits per heavy atom. The predicted molar refractivity (Wildman–Crippen MR) is 84.1 cm³/mol. The SMILES string of the molecule is O=[N+]([O-])c1ccc(N=C(Nc2ccccc2)C(F)(F)Br)cc1. The number of anilines is 1. The molecule has 0 spiro atoms. The van der Waals surface area contributed by atoms with Gasteiger partial charge >= 0.3 is 4.83 Å². The quantitative estimate of drug-likeness (QED) is 0.278. The van der Waals surface area contributed by atoms with Crippen molar-refractivity contribution >= 4 is 38.8 Å². The highest BCUT2D eigenvalue weighted by Crippen LogP contribution is 2.28. The van der Waals surface area contributed by atoms with E-state index >= 15 is 0 Å².